The summed E-state index contributed by atoms with van der Waals surface area (Å²) in [6.45, 7) is 6.12. The molecule has 4 rings (SSSR count). The Hall–Kier alpha value is -3.10. The highest BCUT2D eigenvalue weighted by atomic mass is 16.6. The molecule has 0 radical (unpaired) electrons. The quantitative estimate of drug-likeness (QED) is 0.757. The summed E-state index contributed by atoms with van der Waals surface area (Å²) in [7, 11) is 1.66. The van der Waals surface area contributed by atoms with Gasteiger partial charge in [0.1, 0.15) is 11.6 Å². The fourth-order valence-electron chi connectivity index (χ4n) is 4.09. The maximum atomic E-state index is 12.9. The SMILES string of the molecule is Cn1c(=O)n(C2CCC(=O)NC2=O)c2ccc(C3CCN3C(=O)OC(C)(C)C)cc21. The Labute approximate surface area is 173 Å². The van der Waals surface area contributed by atoms with E-state index < -0.39 is 17.6 Å². The van der Waals surface area contributed by atoms with Crippen molar-refractivity contribution in [2.24, 2.45) is 7.05 Å². The van der Waals surface area contributed by atoms with Crippen LogP contribution in [-0.2, 0) is 21.4 Å². The van der Waals surface area contributed by atoms with E-state index in [1.54, 1.807) is 18.0 Å². The van der Waals surface area contributed by atoms with Crippen molar-refractivity contribution in [1.29, 1.82) is 0 Å². The molecule has 2 aliphatic rings. The number of fused-ring (bicyclic) bond motifs is 1. The lowest BCUT2D eigenvalue weighted by Crippen LogP contribution is -2.47. The number of imidazole rings is 1. The maximum absolute atomic E-state index is 12.9. The molecule has 30 heavy (non-hydrogen) atoms. The summed E-state index contributed by atoms with van der Waals surface area (Å²) in [6.07, 6.45) is 0.950. The van der Waals surface area contributed by atoms with Crippen LogP contribution in [0.25, 0.3) is 11.0 Å². The summed E-state index contributed by atoms with van der Waals surface area (Å²) in [4.78, 5) is 50.8. The third kappa shape index (κ3) is 3.38. The van der Waals surface area contributed by atoms with Crippen LogP contribution in [0, 0.1) is 0 Å². The molecule has 2 aliphatic heterocycles. The molecule has 1 aromatic heterocycles. The predicted molar refractivity (Wildman–Crippen MR) is 109 cm³/mol. The number of likely N-dealkylation sites (tertiary alicyclic amines) is 1. The molecule has 1 aromatic carbocycles. The number of aryl methyl sites for hydroxylation is 1. The van der Waals surface area contributed by atoms with Gasteiger partial charge in [-0.2, -0.15) is 0 Å². The Morgan fingerprint density at radius 2 is 1.83 bits per heavy atom. The van der Waals surface area contributed by atoms with Gasteiger partial charge in [0.05, 0.1) is 17.1 Å². The largest absolute Gasteiger partial charge is 0.444 e. The molecule has 0 aliphatic carbocycles. The van der Waals surface area contributed by atoms with Crippen molar-refractivity contribution in [3.63, 3.8) is 0 Å². The molecule has 2 saturated heterocycles. The highest BCUT2D eigenvalue weighted by Crippen LogP contribution is 2.36. The zero-order valence-electron chi connectivity index (χ0n) is 17.6. The van der Waals surface area contributed by atoms with Crippen LogP contribution in [0.2, 0.25) is 0 Å². The van der Waals surface area contributed by atoms with Crippen molar-refractivity contribution in [3.8, 4) is 0 Å². The van der Waals surface area contributed by atoms with Crippen molar-refractivity contribution in [2.45, 2.75) is 57.7 Å². The first-order chi connectivity index (χ1) is 14.1. The number of carbonyl (C=O) groups excluding carboxylic acids is 3. The molecule has 3 amide bonds. The second-order valence-corrected chi connectivity index (χ2v) is 8.90. The van der Waals surface area contributed by atoms with Gasteiger partial charge < -0.3 is 9.64 Å². The number of ether oxygens (including phenoxy) is 1. The zero-order valence-corrected chi connectivity index (χ0v) is 17.6. The summed E-state index contributed by atoms with van der Waals surface area (Å²) in [5, 5.41) is 2.31. The molecule has 1 N–H and O–H groups in total. The molecule has 2 atom stereocenters. The Bertz CT molecular complexity index is 1110. The van der Waals surface area contributed by atoms with Gasteiger partial charge in [-0.05, 0) is 51.3 Å². The molecule has 9 nitrogen and oxygen atoms in total. The normalized spacial score (nSPS) is 22.1. The Kier molecular flexibility index (Phi) is 4.71. The molecule has 2 aromatic rings. The molecule has 2 unspecified atom stereocenters. The van der Waals surface area contributed by atoms with Gasteiger partial charge in [-0.3, -0.25) is 24.0 Å². The number of carbonyl (C=O) groups is 3. The highest BCUT2D eigenvalue weighted by molar-refractivity contribution is 6.00. The van der Waals surface area contributed by atoms with Crippen molar-refractivity contribution in [2.75, 3.05) is 6.54 Å². The summed E-state index contributed by atoms with van der Waals surface area (Å²) in [5.41, 5.74) is 1.34. The van der Waals surface area contributed by atoms with Crippen LogP contribution in [-0.4, -0.2) is 44.1 Å². The van der Waals surface area contributed by atoms with E-state index in [2.05, 4.69) is 5.32 Å². The fraction of sp³-hybridized carbons (Fsp3) is 0.524. The van der Waals surface area contributed by atoms with E-state index in [1.807, 2.05) is 32.9 Å². The van der Waals surface area contributed by atoms with Gasteiger partial charge in [-0.15, -0.1) is 0 Å². The molecular weight excluding hydrogens is 388 g/mol. The lowest BCUT2D eigenvalue weighted by atomic mass is 9.95. The highest BCUT2D eigenvalue weighted by Gasteiger charge is 2.37. The number of rotatable bonds is 2. The van der Waals surface area contributed by atoms with Gasteiger partial charge in [0, 0.05) is 20.0 Å². The topological polar surface area (TPSA) is 103 Å². The van der Waals surface area contributed by atoms with Crippen LogP contribution >= 0.6 is 0 Å². The van der Waals surface area contributed by atoms with Crippen LogP contribution in [0.4, 0.5) is 4.79 Å². The van der Waals surface area contributed by atoms with Crippen molar-refractivity contribution in [3.05, 3.63) is 34.2 Å². The van der Waals surface area contributed by atoms with E-state index in [-0.39, 0.29) is 30.2 Å². The fourth-order valence-corrected chi connectivity index (χ4v) is 4.09. The number of piperidine rings is 1. The maximum Gasteiger partial charge on any atom is 0.410 e. The average Bonchev–Trinajstić information content (AvgIpc) is 2.84. The van der Waals surface area contributed by atoms with Gasteiger partial charge in [0.25, 0.3) is 0 Å². The average molecular weight is 414 g/mol. The van der Waals surface area contributed by atoms with Gasteiger partial charge in [0.2, 0.25) is 11.8 Å². The Balaban J connectivity index is 1.67. The van der Waals surface area contributed by atoms with Crippen molar-refractivity contribution < 1.29 is 19.1 Å². The van der Waals surface area contributed by atoms with Gasteiger partial charge in [-0.1, -0.05) is 6.07 Å². The third-order valence-electron chi connectivity index (χ3n) is 5.67. The van der Waals surface area contributed by atoms with E-state index in [1.165, 1.54) is 9.13 Å². The monoisotopic (exact) mass is 414 g/mol. The number of amides is 3. The molecule has 3 heterocycles. The van der Waals surface area contributed by atoms with E-state index in [0.29, 0.717) is 24.0 Å². The zero-order chi connectivity index (χ0) is 21.8. The number of nitrogens with zero attached hydrogens (tertiary/aromatic N) is 3. The van der Waals surface area contributed by atoms with Crippen LogP contribution in [0.15, 0.2) is 23.0 Å². The minimum Gasteiger partial charge on any atom is -0.444 e. The molecule has 9 heteroatoms. The number of nitrogens with one attached hydrogen (secondary N) is 1. The summed E-state index contributed by atoms with van der Waals surface area (Å²) in [6, 6.07) is 4.75. The van der Waals surface area contributed by atoms with E-state index in [0.717, 1.165) is 12.0 Å². The molecular formula is C21H26N4O5. The van der Waals surface area contributed by atoms with Crippen LogP contribution in [0.1, 0.15) is 57.7 Å². The molecule has 160 valence electrons. The second-order valence-electron chi connectivity index (χ2n) is 8.90. The molecule has 0 saturated carbocycles. The number of hydrogen-bond donors (Lipinski definition) is 1. The van der Waals surface area contributed by atoms with Crippen LogP contribution in [0.5, 0.6) is 0 Å². The predicted octanol–water partition coefficient (Wildman–Crippen LogP) is 2.00. The standard InChI is InChI=1S/C21H26N4O5/c1-21(2,3)30-20(29)24-10-9-13(24)12-5-6-14-16(11-12)23(4)19(28)25(14)15-7-8-17(26)22-18(15)27/h5-6,11,13,15H,7-10H2,1-4H3,(H,22,26,27). The molecule has 2 fully saturated rings. The van der Waals surface area contributed by atoms with Crippen LogP contribution < -0.4 is 11.0 Å². The summed E-state index contributed by atoms with van der Waals surface area (Å²) < 4.78 is 8.43. The smallest absolute Gasteiger partial charge is 0.410 e. The first-order valence-electron chi connectivity index (χ1n) is 10.1. The van der Waals surface area contributed by atoms with Gasteiger partial charge in [-0.25, -0.2) is 9.59 Å². The lowest BCUT2D eigenvalue weighted by Gasteiger charge is -2.41. The third-order valence-corrected chi connectivity index (χ3v) is 5.67. The minimum absolute atomic E-state index is 0.113. The van der Waals surface area contributed by atoms with Gasteiger partial charge >= 0.3 is 11.8 Å². The summed E-state index contributed by atoms with van der Waals surface area (Å²) in [5.74, 6) is -0.779. The Morgan fingerprint density at radius 3 is 2.43 bits per heavy atom. The first-order valence-corrected chi connectivity index (χ1v) is 10.1. The number of hydrogen-bond acceptors (Lipinski definition) is 5. The van der Waals surface area contributed by atoms with E-state index in [9.17, 15) is 19.2 Å². The number of benzene rings is 1. The first kappa shape index (κ1) is 20.2. The van der Waals surface area contributed by atoms with Crippen LogP contribution in [0.3, 0.4) is 0 Å². The molecule has 0 bridgehead atoms. The summed E-state index contributed by atoms with van der Waals surface area (Å²) >= 11 is 0. The minimum atomic E-state index is -0.716. The number of aromatic nitrogens is 2. The molecule has 0 spiro atoms. The van der Waals surface area contributed by atoms with E-state index >= 15 is 0 Å². The second kappa shape index (κ2) is 7.00. The Morgan fingerprint density at radius 1 is 1.10 bits per heavy atom. The van der Waals surface area contributed by atoms with Crippen molar-refractivity contribution in [1.82, 2.24) is 19.4 Å². The van der Waals surface area contributed by atoms with Gasteiger partial charge in [0.15, 0.2) is 0 Å². The lowest BCUT2D eigenvalue weighted by molar-refractivity contribution is -0.135. The van der Waals surface area contributed by atoms with E-state index in [4.69, 9.17) is 4.74 Å². The number of imide groups is 1. The van der Waals surface area contributed by atoms with Crippen molar-refractivity contribution >= 4 is 28.9 Å².